The second-order valence-corrected chi connectivity index (χ2v) is 4.28. The Kier molecular flexibility index (Phi) is 4.07. The van der Waals surface area contributed by atoms with E-state index in [9.17, 15) is 14.7 Å². The number of carboxylic acid groups (broad SMARTS) is 1. The zero-order valence-corrected chi connectivity index (χ0v) is 10.6. The fourth-order valence-electron chi connectivity index (χ4n) is 1.41. The number of rotatable bonds is 5. The Hall–Kier alpha value is -1.89. The number of amides is 1. The lowest BCUT2D eigenvalue weighted by molar-refractivity contribution is -0.155. The maximum absolute atomic E-state index is 11.8. The van der Waals surface area contributed by atoms with Gasteiger partial charge in [0, 0.05) is 13.2 Å². The summed E-state index contributed by atoms with van der Waals surface area (Å²) in [6.07, 6.45) is 2.16. The van der Waals surface area contributed by atoms with E-state index in [2.05, 4.69) is 10.4 Å². The number of hydrogen-bond donors (Lipinski definition) is 3. The predicted molar refractivity (Wildman–Crippen MR) is 63.2 cm³/mol. The molecule has 0 aliphatic carbocycles. The molecular formula is C11H17N3O4. The predicted octanol–water partition coefficient (Wildman–Crippen LogP) is -0.452. The first-order chi connectivity index (χ1) is 8.27. The number of carboxylic acids is 1. The molecule has 1 unspecified atom stereocenters. The summed E-state index contributed by atoms with van der Waals surface area (Å²) in [6, 6.07) is 0. The fraction of sp³-hybridized carbons (Fsp3) is 0.545. The Morgan fingerprint density at radius 2 is 2.17 bits per heavy atom. The van der Waals surface area contributed by atoms with Crippen LogP contribution < -0.4 is 5.32 Å². The highest BCUT2D eigenvalue weighted by atomic mass is 16.4. The molecule has 0 spiro atoms. The number of aliphatic hydroxyl groups is 1. The molecule has 1 heterocycles. The Balaban J connectivity index is 2.74. The van der Waals surface area contributed by atoms with Crippen LogP contribution in [0.2, 0.25) is 0 Å². The van der Waals surface area contributed by atoms with E-state index in [1.807, 2.05) is 6.92 Å². The number of aromatic nitrogens is 2. The van der Waals surface area contributed by atoms with Gasteiger partial charge in [0.2, 0.25) is 0 Å². The van der Waals surface area contributed by atoms with Gasteiger partial charge in [-0.15, -0.1) is 0 Å². The summed E-state index contributed by atoms with van der Waals surface area (Å²) in [5, 5.41) is 24.7. The van der Waals surface area contributed by atoms with Crippen LogP contribution in [0.4, 0.5) is 0 Å². The molecule has 7 heteroatoms. The minimum Gasteiger partial charge on any atom is -0.479 e. The monoisotopic (exact) mass is 255 g/mol. The van der Waals surface area contributed by atoms with Gasteiger partial charge in [-0.3, -0.25) is 9.48 Å². The van der Waals surface area contributed by atoms with Crippen LogP contribution in [-0.4, -0.2) is 44.0 Å². The highest BCUT2D eigenvalue weighted by molar-refractivity contribution is 5.95. The van der Waals surface area contributed by atoms with E-state index in [0.717, 1.165) is 6.92 Å². The maximum Gasteiger partial charge on any atom is 0.337 e. The molecule has 3 N–H and O–H groups in total. The van der Waals surface area contributed by atoms with Crippen LogP contribution >= 0.6 is 0 Å². The van der Waals surface area contributed by atoms with E-state index in [-0.39, 0.29) is 6.54 Å². The van der Waals surface area contributed by atoms with Crippen LogP contribution in [-0.2, 0) is 18.3 Å². The lowest BCUT2D eigenvalue weighted by Gasteiger charge is -2.18. The minimum atomic E-state index is -1.98. The molecule has 1 amide bonds. The Morgan fingerprint density at radius 1 is 1.56 bits per heavy atom. The van der Waals surface area contributed by atoms with Crippen LogP contribution in [0.3, 0.4) is 0 Å². The number of aliphatic carboxylic acids is 1. The molecule has 1 aromatic rings. The third kappa shape index (κ3) is 3.07. The number of carbonyl (C=O) groups excluding carboxylic acids is 1. The van der Waals surface area contributed by atoms with E-state index in [1.54, 1.807) is 13.2 Å². The van der Waals surface area contributed by atoms with E-state index < -0.39 is 17.5 Å². The van der Waals surface area contributed by atoms with Crippen molar-refractivity contribution in [2.75, 3.05) is 6.54 Å². The van der Waals surface area contributed by atoms with Crippen molar-refractivity contribution >= 4 is 11.9 Å². The van der Waals surface area contributed by atoms with E-state index in [4.69, 9.17) is 5.11 Å². The summed E-state index contributed by atoms with van der Waals surface area (Å²) < 4.78 is 1.52. The summed E-state index contributed by atoms with van der Waals surface area (Å²) in [4.78, 5) is 22.5. The highest BCUT2D eigenvalue weighted by Gasteiger charge is 2.30. The van der Waals surface area contributed by atoms with Crippen molar-refractivity contribution in [3.05, 3.63) is 17.5 Å². The Bertz CT molecular complexity index is 465. The molecule has 0 saturated heterocycles. The second-order valence-electron chi connectivity index (χ2n) is 4.28. The topological polar surface area (TPSA) is 104 Å². The van der Waals surface area contributed by atoms with Gasteiger partial charge >= 0.3 is 5.97 Å². The van der Waals surface area contributed by atoms with E-state index in [1.165, 1.54) is 4.68 Å². The third-order valence-corrected chi connectivity index (χ3v) is 2.54. The van der Waals surface area contributed by atoms with Gasteiger partial charge in [-0.25, -0.2) is 4.79 Å². The minimum absolute atomic E-state index is 0.362. The van der Waals surface area contributed by atoms with Gasteiger partial charge in [-0.05, 0) is 13.3 Å². The van der Waals surface area contributed by atoms with Crippen molar-refractivity contribution in [1.82, 2.24) is 15.1 Å². The average molecular weight is 255 g/mol. The molecule has 100 valence electrons. The molecule has 1 aromatic heterocycles. The summed E-state index contributed by atoms with van der Waals surface area (Å²) in [7, 11) is 1.70. The summed E-state index contributed by atoms with van der Waals surface area (Å²) in [5.41, 5.74) is -0.962. The Morgan fingerprint density at radius 3 is 2.67 bits per heavy atom. The van der Waals surface area contributed by atoms with Gasteiger partial charge in [0.05, 0.1) is 17.8 Å². The number of nitrogens with one attached hydrogen (secondary N) is 1. The number of aryl methyl sites for hydroxylation is 2. The average Bonchev–Trinajstić information content (AvgIpc) is 2.67. The molecule has 0 fully saturated rings. The van der Waals surface area contributed by atoms with Crippen molar-refractivity contribution < 1.29 is 19.8 Å². The molecule has 1 rings (SSSR count). The smallest absolute Gasteiger partial charge is 0.337 e. The van der Waals surface area contributed by atoms with Gasteiger partial charge < -0.3 is 15.5 Å². The first kappa shape index (κ1) is 14.2. The van der Waals surface area contributed by atoms with Crippen LogP contribution in [0.15, 0.2) is 6.20 Å². The van der Waals surface area contributed by atoms with E-state index >= 15 is 0 Å². The Labute approximate surface area is 104 Å². The van der Waals surface area contributed by atoms with Crippen LogP contribution in [0, 0.1) is 0 Å². The first-order valence-corrected chi connectivity index (χ1v) is 5.54. The van der Waals surface area contributed by atoms with Crippen molar-refractivity contribution in [2.45, 2.75) is 25.9 Å². The van der Waals surface area contributed by atoms with Gasteiger partial charge in [0.25, 0.3) is 5.91 Å². The molecule has 7 nitrogen and oxygen atoms in total. The molecule has 0 radical (unpaired) electrons. The number of nitrogens with zero attached hydrogens (tertiary/aromatic N) is 2. The first-order valence-electron chi connectivity index (χ1n) is 5.54. The molecule has 0 aliphatic rings. The summed E-state index contributed by atoms with van der Waals surface area (Å²) in [6.45, 7) is 2.63. The standard InChI is InChI=1S/C11H17N3O4/c1-4-8-7(5-14(3)13-8)9(15)12-6-11(2,18)10(16)17/h5,18H,4,6H2,1-3H3,(H,12,15)(H,16,17). The highest BCUT2D eigenvalue weighted by Crippen LogP contribution is 2.08. The molecule has 0 bridgehead atoms. The van der Waals surface area contributed by atoms with Crippen molar-refractivity contribution in [3.8, 4) is 0 Å². The summed E-state index contributed by atoms with van der Waals surface area (Å²) >= 11 is 0. The molecule has 0 aliphatic heterocycles. The molecule has 1 atom stereocenters. The summed E-state index contributed by atoms with van der Waals surface area (Å²) in [5.74, 6) is -1.83. The maximum atomic E-state index is 11.8. The van der Waals surface area contributed by atoms with Gasteiger partial charge in [0.15, 0.2) is 5.60 Å². The van der Waals surface area contributed by atoms with Crippen molar-refractivity contribution in [1.29, 1.82) is 0 Å². The lowest BCUT2D eigenvalue weighted by Crippen LogP contribution is -2.46. The van der Waals surface area contributed by atoms with E-state index in [0.29, 0.717) is 17.7 Å². The lowest BCUT2D eigenvalue weighted by atomic mass is 10.1. The SMILES string of the molecule is CCc1nn(C)cc1C(=O)NCC(C)(O)C(=O)O. The quantitative estimate of drug-likeness (QED) is 0.661. The van der Waals surface area contributed by atoms with Gasteiger partial charge in [-0.2, -0.15) is 5.10 Å². The largest absolute Gasteiger partial charge is 0.479 e. The number of carbonyl (C=O) groups is 2. The van der Waals surface area contributed by atoms with Crippen molar-refractivity contribution in [2.24, 2.45) is 7.05 Å². The fourth-order valence-corrected chi connectivity index (χ4v) is 1.41. The van der Waals surface area contributed by atoms with Gasteiger partial charge in [-0.1, -0.05) is 6.92 Å². The third-order valence-electron chi connectivity index (χ3n) is 2.54. The molecular weight excluding hydrogens is 238 g/mol. The zero-order chi connectivity index (χ0) is 13.9. The second kappa shape index (κ2) is 5.18. The van der Waals surface area contributed by atoms with Crippen LogP contribution in [0.25, 0.3) is 0 Å². The zero-order valence-electron chi connectivity index (χ0n) is 10.6. The molecule has 0 aromatic carbocycles. The van der Waals surface area contributed by atoms with Crippen LogP contribution in [0.1, 0.15) is 29.9 Å². The molecule has 0 saturated carbocycles. The van der Waals surface area contributed by atoms with Crippen LogP contribution in [0.5, 0.6) is 0 Å². The molecule has 18 heavy (non-hydrogen) atoms. The van der Waals surface area contributed by atoms with Gasteiger partial charge in [0.1, 0.15) is 0 Å². The van der Waals surface area contributed by atoms with Crippen molar-refractivity contribution in [3.63, 3.8) is 0 Å². The normalized spacial score (nSPS) is 14.0. The number of hydrogen-bond acceptors (Lipinski definition) is 4.